The van der Waals surface area contributed by atoms with Crippen LogP contribution in [0.4, 0.5) is 4.79 Å². The molecule has 3 rings (SSSR count). The molecule has 1 unspecified atom stereocenters. The number of carbonyl (C=O) groups is 2. The lowest BCUT2D eigenvalue weighted by Gasteiger charge is -2.32. The Morgan fingerprint density at radius 3 is 2.52 bits per heavy atom. The molecule has 1 fully saturated rings. The quantitative estimate of drug-likeness (QED) is 0.647. The molecular formula is C24H33NO6. The van der Waals surface area contributed by atoms with Crippen molar-refractivity contribution in [2.45, 2.75) is 65.0 Å². The van der Waals surface area contributed by atoms with E-state index in [1.165, 1.54) is 7.11 Å². The zero-order valence-electron chi connectivity index (χ0n) is 18.9. The van der Waals surface area contributed by atoms with Crippen molar-refractivity contribution in [1.29, 1.82) is 0 Å². The van der Waals surface area contributed by atoms with Gasteiger partial charge in [0.25, 0.3) is 0 Å². The molecule has 0 N–H and O–H groups in total. The molecular weight excluding hydrogens is 398 g/mol. The number of esters is 1. The fourth-order valence-electron chi connectivity index (χ4n) is 3.71. The molecule has 0 aliphatic carbocycles. The van der Waals surface area contributed by atoms with Crippen molar-refractivity contribution in [2.24, 2.45) is 0 Å². The van der Waals surface area contributed by atoms with E-state index in [9.17, 15) is 9.59 Å². The number of nitrogens with zero attached hydrogens (tertiary/aromatic N) is 1. The molecule has 1 atom stereocenters. The summed E-state index contributed by atoms with van der Waals surface area (Å²) in [5.41, 5.74) is 2.78. The van der Waals surface area contributed by atoms with Crippen molar-refractivity contribution < 1.29 is 28.5 Å². The molecule has 0 radical (unpaired) electrons. The van der Waals surface area contributed by atoms with Gasteiger partial charge in [-0.05, 0) is 63.2 Å². The van der Waals surface area contributed by atoms with Gasteiger partial charge in [0, 0.05) is 13.2 Å². The number of carbonyl (C=O) groups excluding carboxylic acids is 2. The van der Waals surface area contributed by atoms with E-state index < -0.39 is 17.7 Å². The number of benzene rings is 1. The fourth-order valence-corrected chi connectivity index (χ4v) is 3.71. The summed E-state index contributed by atoms with van der Waals surface area (Å²) in [6, 6.07) is 7.98. The highest BCUT2D eigenvalue weighted by Gasteiger charge is 2.30. The molecule has 0 spiro atoms. The van der Waals surface area contributed by atoms with Gasteiger partial charge in [-0.1, -0.05) is 24.3 Å². The van der Waals surface area contributed by atoms with Gasteiger partial charge >= 0.3 is 12.1 Å². The molecule has 1 aromatic carbocycles. The van der Waals surface area contributed by atoms with Gasteiger partial charge < -0.3 is 23.8 Å². The summed E-state index contributed by atoms with van der Waals surface area (Å²) in [5.74, 6) is -0.426. The maximum Gasteiger partial charge on any atom is 0.410 e. The summed E-state index contributed by atoms with van der Waals surface area (Å²) < 4.78 is 21.9. The molecule has 1 saturated heterocycles. The van der Waals surface area contributed by atoms with Crippen LogP contribution in [0, 0.1) is 0 Å². The smallest absolute Gasteiger partial charge is 0.410 e. The average Bonchev–Trinajstić information content (AvgIpc) is 2.76. The molecule has 0 saturated carbocycles. The third-order valence-corrected chi connectivity index (χ3v) is 5.30. The molecule has 7 nitrogen and oxygen atoms in total. The van der Waals surface area contributed by atoms with E-state index in [0.29, 0.717) is 25.1 Å². The Morgan fingerprint density at radius 2 is 1.90 bits per heavy atom. The van der Waals surface area contributed by atoms with E-state index in [-0.39, 0.29) is 12.8 Å². The van der Waals surface area contributed by atoms with E-state index in [1.54, 1.807) is 4.90 Å². The van der Waals surface area contributed by atoms with Crippen molar-refractivity contribution in [3.05, 3.63) is 41.0 Å². The standard InChI is InChI=1S/C24H33NO6/c1-24(2,3)31-23(27)25-13-12-19(20(15-25)22(26)28-4)18-10-8-17(9-11-18)16-30-21-7-5-6-14-29-21/h8-11,21H,5-7,12-16H2,1-4H3. The van der Waals surface area contributed by atoms with Crippen LogP contribution in [0.3, 0.4) is 0 Å². The second-order valence-corrected chi connectivity index (χ2v) is 8.90. The van der Waals surface area contributed by atoms with Gasteiger partial charge in [0.1, 0.15) is 5.60 Å². The van der Waals surface area contributed by atoms with E-state index in [0.717, 1.165) is 42.6 Å². The normalized spacial score (nSPS) is 19.9. The van der Waals surface area contributed by atoms with Gasteiger partial charge in [-0.15, -0.1) is 0 Å². The van der Waals surface area contributed by atoms with Gasteiger partial charge in [-0.3, -0.25) is 0 Å². The molecule has 2 aliphatic heterocycles. The van der Waals surface area contributed by atoms with Gasteiger partial charge in [0.05, 0.1) is 25.8 Å². The number of ether oxygens (including phenoxy) is 4. The average molecular weight is 432 g/mol. The third-order valence-electron chi connectivity index (χ3n) is 5.30. The van der Waals surface area contributed by atoms with E-state index in [1.807, 2.05) is 45.0 Å². The second-order valence-electron chi connectivity index (χ2n) is 8.90. The summed E-state index contributed by atoms with van der Waals surface area (Å²) in [7, 11) is 1.35. The van der Waals surface area contributed by atoms with Crippen LogP contribution in [0.5, 0.6) is 0 Å². The van der Waals surface area contributed by atoms with Gasteiger partial charge in [-0.25, -0.2) is 9.59 Å². The lowest BCUT2D eigenvalue weighted by atomic mass is 9.93. The lowest BCUT2D eigenvalue weighted by Crippen LogP contribution is -2.41. The predicted octanol–water partition coefficient (Wildman–Crippen LogP) is 4.30. The highest BCUT2D eigenvalue weighted by atomic mass is 16.7. The van der Waals surface area contributed by atoms with Gasteiger partial charge in [0.15, 0.2) is 6.29 Å². The minimum atomic E-state index is -0.590. The van der Waals surface area contributed by atoms with Crippen molar-refractivity contribution in [3.8, 4) is 0 Å². The molecule has 1 amide bonds. The van der Waals surface area contributed by atoms with Crippen molar-refractivity contribution >= 4 is 17.6 Å². The molecule has 0 aromatic heterocycles. The van der Waals surface area contributed by atoms with Crippen LogP contribution in [0.25, 0.3) is 5.57 Å². The SMILES string of the molecule is COC(=O)C1=C(c2ccc(COC3CCCCO3)cc2)CCN(C(=O)OC(C)(C)C)C1. The molecule has 170 valence electrons. The molecule has 0 bridgehead atoms. The van der Waals surface area contributed by atoms with Crippen LogP contribution in [-0.4, -0.2) is 55.7 Å². The number of hydrogen-bond acceptors (Lipinski definition) is 6. The maximum absolute atomic E-state index is 12.5. The largest absolute Gasteiger partial charge is 0.466 e. The van der Waals surface area contributed by atoms with Crippen LogP contribution < -0.4 is 0 Å². The first-order valence-corrected chi connectivity index (χ1v) is 10.9. The fraction of sp³-hybridized carbons (Fsp3) is 0.583. The highest BCUT2D eigenvalue weighted by Crippen LogP contribution is 2.29. The van der Waals surface area contributed by atoms with Gasteiger partial charge in [-0.2, -0.15) is 0 Å². The summed E-state index contributed by atoms with van der Waals surface area (Å²) in [5, 5.41) is 0. The summed E-state index contributed by atoms with van der Waals surface area (Å²) in [6.07, 6.45) is 3.16. The van der Waals surface area contributed by atoms with Crippen molar-refractivity contribution in [1.82, 2.24) is 4.90 Å². The Balaban J connectivity index is 1.71. The lowest BCUT2D eigenvalue weighted by molar-refractivity contribution is -0.168. The second kappa shape index (κ2) is 10.3. The zero-order chi connectivity index (χ0) is 22.4. The van der Waals surface area contributed by atoms with Crippen LogP contribution in [-0.2, 0) is 30.3 Å². The molecule has 31 heavy (non-hydrogen) atoms. The first-order valence-electron chi connectivity index (χ1n) is 10.9. The minimum Gasteiger partial charge on any atom is -0.466 e. The topological polar surface area (TPSA) is 74.3 Å². The Hall–Kier alpha value is -2.38. The van der Waals surface area contributed by atoms with Crippen LogP contribution in [0.1, 0.15) is 57.6 Å². The molecule has 2 heterocycles. The summed E-state index contributed by atoms with van der Waals surface area (Å²) in [4.78, 5) is 26.5. The van der Waals surface area contributed by atoms with E-state index >= 15 is 0 Å². The number of hydrogen-bond donors (Lipinski definition) is 0. The predicted molar refractivity (Wildman–Crippen MR) is 116 cm³/mol. The summed E-state index contributed by atoms with van der Waals surface area (Å²) >= 11 is 0. The van der Waals surface area contributed by atoms with Crippen LogP contribution in [0.2, 0.25) is 0 Å². The Morgan fingerprint density at radius 1 is 1.16 bits per heavy atom. The minimum absolute atomic E-state index is 0.126. The number of methoxy groups -OCH3 is 1. The van der Waals surface area contributed by atoms with Crippen LogP contribution >= 0.6 is 0 Å². The third kappa shape index (κ3) is 6.55. The van der Waals surface area contributed by atoms with E-state index in [4.69, 9.17) is 18.9 Å². The Kier molecular flexibility index (Phi) is 7.73. The van der Waals surface area contributed by atoms with Crippen molar-refractivity contribution in [3.63, 3.8) is 0 Å². The first kappa shape index (κ1) is 23.3. The number of amides is 1. The first-order chi connectivity index (χ1) is 14.8. The van der Waals surface area contributed by atoms with Crippen molar-refractivity contribution in [2.75, 3.05) is 26.8 Å². The summed E-state index contributed by atoms with van der Waals surface area (Å²) in [6.45, 7) is 7.36. The Bertz CT molecular complexity index is 802. The number of rotatable bonds is 5. The van der Waals surface area contributed by atoms with Crippen LogP contribution in [0.15, 0.2) is 29.8 Å². The van der Waals surface area contributed by atoms with Gasteiger partial charge in [0.2, 0.25) is 0 Å². The monoisotopic (exact) mass is 431 g/mol. The molecule has 7 heteroatoms. The Labute approximate surface area is 184 Å². The van der Waals surface area contributed by atoms with E-state index in [2.05, 4.69) is 0 Å². The highest BCUT2D eigenvalue weighted by molar-refractivity contribution is 5.99. The zero-order valence-corrected chi connectivity index (χ0v) is 18.9. The molecule has 1 aromatic rings. The maximum atomic E-state index is 12.5. The molecule has 2 aliphatic rings.